The standard InChI is InChI=1S/C19H26F2N2O3/c1-25-8-7-23-15-9-13(17(24)26-2)3-4-14(15)16-10-18(5-6-22-16)11-19(20,21)12-18/h3-4,9,16,22-23H,5-8,10-12H2,1-2H3. The molecule has 0 aromatic heterocycles. The van der Waals surface area contributed by atoms with Gasteiger partial charge in [-0.1, -0.05) is 6.07 Å². The van der Waals surface area contributed by atoms with Crippen molar-refractivity contribution in [2.75, 3.05) is 39.2 Å². The molecule has 2 fully saturated rings. The van der Waals surface area contributed by atoms with Crippen LogP contribution in [0.25, 0.3) is 0 Å². The van der Waals surface area contributed by atoms with E-state index in [1.807, 2.05) is 6.07 Å². The number of ether oxygens (including phenoxy) is 2. The number of piperidine rings is 1. The second kappa shape index (κ2) is 7.48. The number of rotatable bonds is 6. The summed E-state index contributed by atoms with van der Waals surface area (Å²) in [4.78, 5) is 11.8. The van der Waals surface area contributed by atoms with Crippen LogP contribution in [0.3, 0.4) is 0 Å². The number of hydrogen-bond acceptors (Lipinski definition) is 5. The topological polar surface area (TPSA) is 59.6 Å². The minimum atomic E-state index is -2.52. The lowest BCUT2D eigenvalue weighted by molar-refractivity contribution is -0.174. The lowest BCUT2D eigenvalue weighted by Crippen LogP contribution is -2.52. The Morgan fingerprint density at radius 1 is 1.35 bits per heavy atom. The van der Waals surface area contributed by atoms with E-state index in [9.17, 15) is 13.6 Å². The lowest BCUT2D eigenvalue weighted by Gasteiger charge is -2.52. The number of benzene rings is 1. The van der Waals surface area contributed by atoms with Crippen LogP contribution in [0.5, 0.6) is 0 Å². The molecule has 2 N–H and O–H groups in total. The zero-order valence-corrected chi connectivity index (χ0v) is 15.2. The first-order valence-electron chi connectivity index (χ1n) is 8.94. The quantitative estimate of drug-likeness (QED) is 0.596. The molecule has 1 unspecified atom stereocenters. The summed E-state index contributed by atoms with van der Waals surface area (Å²) in [5.41, 5.74) is 1.98. The molecule has 7 heteroatoms. The van der Waals surface area contributed by atoms with Crippen molar-refractivity contribution in [3.05, 3.63) is 29.3 Å². The first-order chi connectivity index (χ1) is 12.4. The number of anilines is 1. The van der Waals surface area contributed by atoms with Crippen LogP contribution in [-0.2, 0) is 9.47 Å². The van der Waals surface area contributed by atoms with Crippen LogP contribution in [-0.4, -0.2) is 45.8 Å². The number of alkyl halides is 2. The SMILES string of the molecule is COCCNc1cc(C(=O)OC)ccc1C1CC2(CCN1)CC(F)(F)C2. The van der Waals surface area contributed by atoms with E-state index in [1.165, 1.54) is 7.11 Å². The molecule has 1 aliphatic carbocycles. The van der Waals surface area contributed by atoms with Gasteiger partial charge in [-0.05, 0) is 42.5 Å². The second-order valence-electron chi connectivity index (χ2n) is 7.38. The predicted octanol–water partition coefficient (Wildman–Crippen LogP) is 3.37. The van der Waals surface area contributed by atoms with Gasteiger partial charge in [-0.25, -0.2) is 13.6 Å². The maximum Gasteiger partial charge on any atom is 0.337 e. The summed E-state index contributed by atoms with van der Waals surface area (Å²) in [5, 5.41) is 6.74. The molecule has 5 nitrogen and oxygen atoms in total. The molecular formula is C19H26F2N2O3. The van der Waals surface area contributed by atoms with Crippen molar-refractivity contribution in [2.24, 2.45) is 5.41 Å². The number of halogens is 2. The molecule has 0 bridgehead atoms. The third kappa shape index (κ3) is 3.99. The van der Waals surface area contributed by atoms with E-state index in [2.05, 4.69) is 10.6 Å². The normalized spacial score (nSPS) is 23.3. The molecule has 1 saturated heterocycles. The van der Waals surface area contributed by atoms with E-state index in [0.717, 1.165) is 24.2 Å². The van der Waals surface area contributed by atoms with E-state index in [0.29, 0.717) is 25.1 Å². The molecule has 1 aromatic rings. The molecule has 1 aromatic carbocycles. The Hall–Kier alpha value is -1.73. The third-order valence-electron chi connectivity index (χ3n) is 5.42. The first kappa shape index (κ1) is 19.0. The highest BCUT2D eigenvalue weighted by Gasteiger charge is 2.57. The number of nitrogens with one attached hydrogen (secondary N) is 2. The van der Waals surface area contributed by atoms with Crippen LogP contribution in [0.15, 0.2) is 18.2 Å². The number of esters is 1. The molecule has 2 aliphatic rings. The highest BCUT2D eigenvalue weighted by Crippen LogP contribution is 2.59. The largest absolute Gasteiger partial charge is 0.465 e. The fourth-order valence-electron chi connectivity index (χ4n) is 4.25. The highest BCUT2D eigenvalue weighted by molar-refractivity contribution is 5.90. The van der Waals surface area contributed by atoms with Crippen LogP contribution in [0.2, 0.25) is 0 Å². The molecular weight excluding hydrogens is 342 g/mol. The Kier molecular flexibility index (Phi) is 5.48. The molecule has 3 rings (SSSR count). The zero-order valence-electron chi connectivity index (χ0n) is 15.2. The van der Waals surface area contributed by atoms with Crippen molar-refractivity contribution in [1.82, 2.24) is 5.32 Å². The molecule has 1 saturated carbocycles. The van der Waals surface area contributed by atoms with Crippen molar-refractivity contribution in [3.8, 4) is 0 Å². The van der Waals surface area contributed by atoms with Gasteiger partial charge in [0.15, 0.2) is 0 Å². The van der Waals surface area contributed by atoms with Crippen molar-refractivity contribution in [1.29, 1.82) is 0 Å². The highest BCUT2D eigenvalue weighted by atomic mass is 19.3. The summed E-state index contributed by atoms with van der Waals surface area (Å²) in [6.45, 7) is 1.83. The molecule has 1 heterocycles. The van der Waals surface area contributed by atoms with Crippen LogP contribution in [0, 0.1) is 5.41 Å². The zero-order chi connectivity index (χ0) is 18.8. The van der Waals surface area contributed by atoms with Crippen molar-refractivity contribution < 1.29 is 23.0 Å². The smallest absolute Gasteiger partial charge is 0.337 e. The summed E-state index contributed by atoms with van der Waals surface area (Å²) in [7, 11) is 2.97. The fraction of sp³-hybridized carbons (Fsp3) is 0.632. The van der Waals surface area contributed by atoms with Crippen molar-refractivity contribution in [3.63, 3.8) is 0 Å². The maximum atomic E-state index is 13.5. The van der Waals surface area contributed by atoms with Gasteiger partial charge in [0.1, 0.15) is 0 Å². The minimum absolute atomic E-state index is 0.0170. The van der Waals surface area contributed by atoms with Gasteiger partial charge in [0.25, 0.3) is 0 Å². The van der Waals surface area contributed by atoms with E-state index < -0.39 is 11.9 Å². The summed E-state index contributed by atoms with van der Waals surface area (Å²) in [6.07, 6.45) is 1.42. The van der Waals surface area contributed by atoms with Gasteiger partial charge in [0, 0.05) is 38.2 Å². The van der Waals surface area contributed by atoms with Crippen LogP contribution < -0.4 is 10.6 Å². The Morgan fingerprint density at radius 3 is 2.77 bits per heavy atom. The number of carbonyl (C=O) groups excluding carboxylic acids is 1. The average Bonchev–Trinajstić information content (AvgIpc) is 2.59. The van der Waals surface area contributed by atoms with Gasteiger partial charge in [0.2, 0.25) is 5.92 Å². The van der Waals surface area contributed by atoms with Gasteiger partial charge in [-0.2, -0.15) is 0 Å². The molecule has 26 heavy (non-hydrogen) atoms. The summed E-state index contributed by atoms with van der Waals surface area (Å²) < 4.78 is 36.8. The molecule has 1 spiro atoms. The second-order valence-corrected chi connectivity index (χ2v) is 7.38. The third-order valence-corrected chi connectivity index (χ3v) is 5.42. The minimum Gasteiger partial charge on any atom is -0.465 e. The Bertz CT molecular complexity index is 658. The predicted molar refractivity (Wildman–Crippen MR) is 94.7 cm³/mol. The summed E-state index contributed by atoms with van der Waals surface area (Å²) >= 11 is 0. The van der Waals surface area contributed by atoms with Gasteiger partial charge in [-0.3, -0.25) is 0 Å². The van der Waals surface area contributed by atoms with E-state index >= 15 is 0 Å². The maximum absolute atomic E-state index is 13.5. The van der Waals surface area contributed by atoms with Gasteiger partial charge < -0.3 is 20.1 Å². The molecule has 0 radical (unpaired) electrons. The Labute approximate surface area is 152 Å². The lowest BCUT2D eigenvalue weighted by atomic mass is 9.59. The van der Waals surface area contributed by atoms with Crippen LogP contribution >= 0.6 is 0 Å². The fourth-order valence-corrected chi connectivity index (χ4v) is 4.25. The van der Waals surface area contributed by atoms with E-state index in [1.54, 1.807) is 19.2 Å². The van der Waals surface area contributed by atoms with Gasteiger partial charge in [-0.15, -0.1) is 0 Å². The number of methoxy groups -OCH3 is 2. The Balaban J connectivity index is 1.81. The number of carbonyl (C=O) groups is 1. The molecule has 1 atom stereocenters. The van der Waals surface area contributed by atoms with E-state index in [4.69, 9.17) is 9.47 Å². The van der Waals surface area contributed by atoms with Crippen molar-refractivity contribution >= 4 is 11.7 Å². The monoisotopic (exact) mass is 368 g/mol. The molecule has 144 valence electrons. The average molecular weight is 368 g/mol. The number of hydrogen-bond donors (Lipinski definition) is 2. The summed E-state index contributed by atoms with van der Waals surface area (Å²) in [6, 6.07) is 5.35. The van der Waals surface area contributed by atoms with Crippen molar-refractivity contribution in [2.45, 2.75) is 37.6 Å². The van der Waals surface area contributed by atoms with E-state index in [-0.39, 0.29) is 24.3 Å². The first-order valence-corrected chi connectivity index (χ1v) is 8.94. The molecule has 1 aliphatic heterocycles. The molecule has 0 amide bonds. The van der Waals surface area contributed by atoms with Gasteiger partial charge in [0.05, 0.1) is 19.3 Å². The van der Waals surface area contributed by atoms with Gasteiger partial charge >= 0.3 is 5.97 Å². The van der Waals surface area contributed by atoms with Crippen LogP contribution in [0.1, 0.15) is 47.6 Å². The Morgan fingerprint density at radius 2 is 2.12 bits per heavy atom. The van der Waals surface area contributed by atoms with Crippen LogP contribution in [0.4, 0.5) is 14.5 Å². The summed E-state index contributed by atoms with van der Waals surface area (Å²) in [5.74, 6) is -2.92.